The van der Waals surface area contributed by atoms with Crippen LogP contribution in [0.4, 0.5) is 27.5 Å². The van der Waals surface area contributed by atoms with Gasteiger partial charge >= 0.3 is 0 Å². The summed E-state index contributed by atoms with van der Waals surface area (Å²) in [5.74, 6) is 1.06. The first kappa shape index (κ1) is 18.2. The van der Waals surface area contributed by atoms with Gasteiger partial charge in [-0.05, 0) is 43.2 Å². The molecule has 2 aromatic carbocycles. The average Bonchev–Trinajstić information content (AvgIpc) is 2.72. The lowest BCUT2D eigenvalue weighted by Crippen LogP contribution is -2.47. The Morgan fingerprint density at radius 1 is 0.929 bits per heavy atom. The van der Waals surface area contributed by atoms with Gasteiger partial charge in [-0.15, -0.1) is 5.10 Å². The molecule has 0 bridgehead atoms. The lowest BCUT2D eigenvalue weighted by Gasteiger charge is -2.36. The predicted molar refractivity (Wildman–Crippen MR) is 110 cm³/mol. The molecule has 2 heterocycles. The molecule has 28 heavy (non-hydrogen) atoms. The van der Waals surface area contributed by atoms with Crippen molar-refractivity contribution in [3.63, 3.8) is 0 Å². The van der Waals surface area contributed by atoms with E-state index < -0.39 is 0 Å². The molecule has 3 aromatic rings. The van der Waals surface area contributed by atoms with Gasteiger partial charge in [-0.2, -0.15) is 10.1 Å². The van der Waals surface area contributed by atoms with E-state index in [0.717, 1.165) is 5.69 Å². The van der Waals surface area contributed by atoms with Gasteiger partial charge in [0.05, 0.1) is 11.9 Å². The molecule has 0 radical (unpaired) electrons. The number of para-hydroxylation sites is 1. The number of hydrogen-bond donors (Lipinski definition) is 1. The van der Waals surface area contributed by atoms with Crippen LogP contribution < -0.4 is 15.1 Å². The summed E-state index contributed by atoms with van der Waals surface area (Å²) in [6.45, 7) is 7.00. The van der Waals surface area contributed by atoms with Crippen molar-refractivity contribution in [3.8, 4) is 0 Å². The topological polar surface area (TPSA) is 57.2 Å². The van der Waals surface area contributed by atoms with Crippen LogP contribution >= 0.6 is 0 Å². The van der Waals surface area contributed by atoms with E-state index in [4.69, 9.17) is 0 Å². The van der Waals surface area contributed by atoms with Crippen LogP contribution in [0.1, 0.15) is 11.1 Å². The van der Waals surface area contributed by atoms with Crippen molar-refractivity contribution < 1.29 is 4.39 Å². The molecule has 4 rings (SSSR count). The van der Waals surface area contributed by atoms with Crippen molar-refractivity contribution in [1.29, 1.82) is 0 Å². The number of aryl methyl sites for hydroxylation is 1. The molecule has 0 amide bonds. The molecule has 1 aliphatic rings. The standard InChI is InChI=1S/C21H23FN6/c1-15-6-5-8-18(16(15)2)24-20-14-23-26-21(25-20)28-12-10-27(11-13-28)19-9-4-3-7-17(19)22/h3-9,14H,10-13H2,1-2H3,(H,24,25,26). The summed E-state index contributed by atoms with van der Waals surface area (Å²) in [5, 5.41) is 11.6. The monoisotopic (exact) mass is 378 g/mol. The number of rotatable bonds is 4. The van der Waals surface area contributed by atoms with Crippen molar-refractivity contribution >= 4 is 23.1 Å². The van der Waals surface area contributed by atoms with Gasteiger partial charge in [-0.25, -0.2) is 4.39 Å². The van der Waals surface area contributed by atoms with Crippen LogP contribution in [0.5, 0.6) is 0 Å². The Labute approximate surface area is 164 Å². The van der Waals surface area contributed by atoms with Gasteiger partial charge in [0.25, 0.3) is 0 Å². The highest BCUT2D eigenvalue weighted by molar-refractivity contribution is 5.62. The molecule has 0 unspecified atom stereocenters. The molecule has 1 N–H and O–H groups in total. The smallest absolute Gasteiger partial charge is 0.247 e. The zero-order valence-electron chi connectivity index (χ0n) is 16.1. The minimum absolute atomic E-state index is 0.186. The Bertz CT molecular complexity index is 969. The van der Waals surface area contributed by atoms with Gasteiger partial charge in [0, 0.05) is 31.9 Å². The second kappa shape index (κ2) is 7.80. The van der Waals surface area contributed by atoms with Crippen LogP contribution in [0.15, 0.2) is 48.7 Å². The fourth-order valence-electron chi connectivity index (χ4n) is 3.37. The zero-order chi connectivity index (χ0) is 19.5. The van der Waals surface area contributed by atoms with Crippen LogP contribution in [0.3, 0.4) is 0 Å². The summed E-state index contributed by atoms with van der Waals surface area (Å²) in [6, 6.07) is 13.0. The molecule has 144 valence electrons. The number of aromatic nitrogens is 3. The summed E-state index contributed by atoms with van der Waals surface area (Å²) in [5.41, 5.74) is 4.06. The summed E-state index contributed by atoms with van der Waals surface area (Å²) in [6.07, 6.45) is 1.63. The Kier molecular flexibility index (Phi) is 5.06. The van der Waals surface area contributed by atoms with E-state index in [2.05, 4.69) is 50.2 Å². The van der Waals surface area contributed by atoms with Crippen LogP contribution in [-0.4, -0.2) is 41.4 Å². The number of anilines is 4. The number of hydrogen-bond acceptors (Lipinski definition) is 6. The second-order valence-corrected chi connectivity index (χ2v) is 6.94. The summed E-state index contributed by atoms with van der Waals surface area (Å²) < 4.78 is 14.0. The van der Waals surface area contributed by atoms with Crippen LogP contribution in [-0.2, 0) is 0 Å². The number of piperazine rings is 1. The molecule has 1 aliphatic heterocycles. The molecule has 1 saturated heterocycles. The van der Waals surface area contributed by atoms with Gasteiger partial charge in [-0.3, -0.25) is 0 Å². The maximum Gasteiger partial charge on any atom is 0.247 e. The van der Waals surface area contributed by atoms with E-state index in [1.54, 1.807) is 12.3 Å². The minimum Gasteiger partial charge on any atom is -0.366 e. The Morgan fingerprint density at radius 3 is 2.46 bits per heavy atom. The first-order chi connectivity index (χ1) is 13.6. The molecular formula is C21H23FN6. The van der Waals surface area contributed by atoms with Gasteiger partial charge in [0.1, 0.15) is 5.82 Å². The molecule has 0 spiro atoms. The molecule has 7 heteroatoms. The lowest BCUT2D eigenvalue weighted by atomic mass is 10.1. The quantitative estimate of drug-likeness (QED) is 0.747. The van der Waals surface area contributed by atoms with Crippen molar-refractivity contribution in [2.45, 2.75) is 13.8 Å². The predicted octanol–water partition coefficient (Wildman–Crippen LogP) is 3.70. The summed E-state index contributed by atoms with van der Waals surface area (Å²) in [4.78, 5) is 8.76. The highest BCUT2D eigenvalue weighted by Crippen LogP contribution is 2.24. The van der Waals surface area contributed by atoms with E-state index in [1.165, 1.54) is 17.2 Å². The maximum atomic E-state index is 14.0. The number of benzene rings is 2. The fraction of sp³-hybridized carbons (Fsp3) is 0.286. The van der Waals surface area contributed by atoms with Crippen LogP contribution in [0, 0.1) is 19.7 Å². The first-order valence-electron chi connectivity index (χ1n) is 9.39. The zero-order valence-corrected chi connectivity index (χ0v) is 16.1. The molecule has 1 aromatic heterocycles. The van der Waals surface area contributed by atoms with Crippen molar-refractivity contribution in [3.05, 3.63) is 65.6 Å². The van der Waals surface area contributed by atoms with Gasteiger partial charge in [-0.1, -0.05) is 24.3 Å². The normalized spacial score (nSPS) is 14.2. The van der Waals surface area contributed by atoms with Gasteiger partial charge < -0.3 is 15.1 Å². The van der Waals surface area contributed by atoms with Gasteiger partial charge in [0.2, 0.25) is 5.95 Å². The van der Waals surface area contributed by atoms with Crippen molar-refractivity contribution in [2.24, 2.45) is 0 Å². The first-order valence-corrected chi connectivity index (χ1v) is 9.39. The third-order valence-corrected chi connectivity index (χ3v) is 5.17. The van der Waals surface area contributed by atoms with E-state index >= 15 is 0 Å². The molecule has 1 fully saturated rings. The highest BCUT2D eigenvalue weighted by Gasteiger charge is 2.21. The fourth-order valence-corrected chi connectivity index (χ4v) is 3.37. The molecule has 0 atom stereocenters. The second-order valence-electron chi connectivity index (χ2n) is 6.94. The van der Waals surface area contributed by atoms with Crippen molar-refractivity contribution in [2.75, 3.05) is 41.3 Å². The number of nitrogens with zero attached hydrogens (tertiary/aromatic N) is 5. The van der Waals surface area contributed by atoms with Crippen molar-refractivity contribution in [1.82, 2.24) is 15.2 Å². The van der Waals surface area contributed by atoms with E-state index in [0.29, 0.717) is 43.6 Å². The highest BCUT2D eigenvalue weighted by atomic mass is 19.1. The van der Waals surface area contributed by atoms with E-state index in [9.17, 15) is 4.39 Å². The molecule has 0 saturated carbocycles. The SMILES string of the molecule is Cc1cccc(Nc2cnnc(N3CCN(c4ccccc4F)CC3)n2)c1C. The number of halogens is 1. The number of nitrogens with one attached hydrogen (secondary N) is 1. The summed E-state index contributed by atoms with van der Waals surface area (Å²) >= 11 is 0. The Balaban J connectivity index is 1.45. The lowest BCUT2D eigenvalue weighted by molar-refractivity contribution is 0.592. The Morgan fingerprint density at radius 2 is 1.68 bits per heavy atom. The summed E-state index contributed by atoms with van der Waals surface area (Å²) in [7, 11) is 0. The molecule has 0 aliphatic carbocycles. The van der Waals surface area contributed by atoms with Crippen LogP contribution in [0.25, 0.3) is 0 Å². The minimum atomic E-state index is -0.186. The average molecular weight is 378 g/mol. The molecular weight excluding hydrogens is 355 g/mol. The van der Waals surface area contributed by atoms with Gasteiger partial charge in [0.15, 0.2) is 5.82 Å². The third-order valence-electron chi connectivity index (χ3n) is 5.17. The maximum absolute atomic E-state index is 14.0. The third kappa shape index (κ3) is 3.74. The van der Waals surface area contributed by atoms with Crippen LogP contribution in [0.2, 0.25) is 0 Å². The van der Waals surface area contributed by atoms with E-state index in [-0.39, 0.29) is 5.82 Å². The molecule has 6 nitrogen and oxygen atoms in total. The largest absolute Gasteiger partial charge is 0.366 e. The van der Waals surface area contributed by atoms with E-state index in [1.807, 2.05) is 24.3 Å². The Hall–Kier alpha value is -3.22.